The van der Waals surface area contributed by atoms with Crippen LogP contribution in [-0.4, -0.2) is 38.2 Å². The quantitative estimate of drug-likeness (QED) is 0.848. The van der Waals surface area contributed by atoms with Gasteiger partial charge >= 0.3 is 0 Å². The zero-order valence-corrected chi connectivity index (χ0v) is 16.4. The van der Waals surface area contributed by atoms with Gasteiger partial charge in [0.25, 0.3) is 5.91 Å². The number of hydrogen-bond donors (Lipinski definition) is 1. The number of methoxy groups -OCH3 is 2. The van der Waals surface area contributed by atoms with Gasteiger partial charge in [-0.25, -0.2) is 0 Å². The molecule has 0 aliphatic carbocycles. The van der Waals surface area contributed by atoms with E-state index < -0.39 is 0 Å². The van der Waals surface area contributed by atoms with Gasteiger partial charge in [0.15, 0.2) is 11.5 Å². The van der Waals surface area contributed by atoms with Crippen LogP contribution in [0.3, 0.4) is 0 Å². The summed E-state index contributed by atoms with van der Waals surface area (Å²) in [4.78, 5) is 18.8. The Kier molecular flexibility index (Phi) is 5.84. The van der Waals surface area contributed by atoms with Crippen LogP contribution in [0.2, 0.25) is 0 Å². The van der Waals surface area contributed by atoms with Gasteiger partial charge in [0.1, 0.15) is 5.69 Å². The maximum atomic E-state index is 12.3. The second-order valence-electron chi connectivity index (χ2n) is 7.15. The van der Waals surface area contributed by atoms with Crippen LogP contribution in [0.25, 0.3) is 0 Å². The fourth-order valence-corrected chi connectivity index (χ4v) is 3.23. The first-order valence-corrected chi connectivity index (χ1v) is 9.24. The number of carbonyl (C=O) groups is 1. The predicted molar refractivity (Wildman–Crippen MR) is 106 cm³/mol. The highest BCUT2D eigenvalue weighted by molar-refractivity contribution is 5.93. The van der Waals surface area contributed by atoms with Crippen LogP contribution in [0.1, 0.15) is 35.5 Å². The molecule has 0 atom stereocenters. The number of amides is 1. The van der Waals surface area contributed by atoms with E-state index in [0.29, 0.717) is 18.2 Å². The molecule has 2 heterocycles. The number of aromatic nitrogens is 1. The van der Waals surface area contributed by atoms with Gasteiger partial charge in [0, 0.05) is 31.5 Å². The lowest BCUT2D eigenvalue weighted by Crippen LogP contribution is -2.31. The maximum absolute atomic E-state index is 12.3. The Morgan fingerprint density at radius 1 is 1.19 bits per heavy atom. The van der Waals surface area contributed by atoms with E-state index in [1.165, 1.54) is 11.1 Å². The molecule has 0 saturated heterocycles. The van der Waals surface area contributed by atoms with Gasteiger partial charge < -0.3 is 19.7 Å². The molecule has 0 spiro atoms. The molecule has 0 fully saturated rings. The van der Waals surface area contributed by atoms with Crippen molar-refractivity contribution < 1.29 is 14.3 Å². The molecule has 144 valence electrons. The summed E-state index contributed by atoms with van der Waals surface area (Å²) in [7, 11) is 3.30. The summed E-state index contributed by atoms with van der Waals surface area (Å²) in [6, 6.07) is 7.91. The van der Waals surface area contributed by atoms with Crippen molar-refractivity contribution in [3.8, 4) is 11.5 Å². The third kappa shape index (κ3) is 4.32. The van der Waals surface area contributed by atoms with Crippen molar-refractivity contribution in [3.05, 3.63) is 47.3 Å². The molecular weight excluding hydrogens is 342 g/mol. The van der Waals surface area contributed by atoms with Crippen molar-refractivity contribution in [2.45, 2.75) is 26.8 Å². The van der Waals surface area contributed by atoms with Gasteiger partial charge in [-0.15, -0.1) is 0 Å². The smallest absolute Gasteiger partial charge is 0.269 e. The first-order chi connectivity index (χ1) is 13.0. The molecule has 1 aliphatic heterocycles. The predicted octanol–water partition coefficient (Wildman–Crippen LogP) is 3.05. The van der Waals surface area contributed by atoms with Crippen molar-refractivity contribution in [1.82, 2.24) is 10.3 Å². The molecule has 0 saturated carbocycles. The fraction of sp³-hybridized carbons (Fsp3) is 0.429. The van der Waals surface area contributed by atoms with Crippen LogP contribution in [-0.2, 0) is 13.0 Å². The molecule has 2 aromatic rings. The first-order valence-electron chi connectivity index (χ1n) is 9.24. The summed E-state index contributed by atoms with van der Waals surface area (Å²) < 4.78 is 10.8. The molecule has 1 aromatic carbocycles. The summed E-state index contributed by atoms with van der Waals surface area (Å²) in [6.45, 7) is 6.41. The van der Waals surface area contributed by atoms with E-state index >= 15 is 0 Å². The SMILES string of the molecule is COc1cc2c(cc1OC)CN(c1ccnc(C(=O)NCC(C)C)c1)CC2. The van der Waals surface area contributed by atoms with Crippen LogP contribution in [0.4, 0.5) is 5.69 Å². The average Bonchev–Trinajstić information content (AvgIpc) is 2.70. The van der Waals surface area contributed by atoms with Crippen LogP contribution < -0.4 is 19.7 Å². The van der Waals surface area contributed by atoms with Gasteiger partial charge in [-0.05, 0) is 47.7 Å². The number of hydrogen-bond acceptors (Lipinski definition) is 5. The highest BCUT2D eigenvalue weighted by Crippen LogP contribution is 2.34. The number of benzene rings is 1. The van der Waals surface area contributed by atoms with Crippen molar-refractivity contribution in [1.29, 1.82) is 0 Å². The number of ether oxygens (including phenoxy) is 2. The highest BCUT2D eigenvalue weighted by Gasteiger charge is 2.20. The Labute approximate surface area is 160 Å². The van der Waals surface area contributed by atoms with Gasteiger partial charge in [0.05, 0.1) is 14.2 Å². The molecular formula is C21H27N3O3. The Hall–Kier alpha value is -2.76. The third-order valence-corrected chi connectivity index (χ3v) is 4.73. The van der Waals surface area contributed by atoms with Crippen molar-refractivity contribution in [2.24, 2.45) is 5.92 Å². The summed E-state index contributed by atoms with van der Waals surface area (Å²) in [6.07, 6.45) is 2.61. The lowest BCUT2D eigenvalue weighted by atomic mass is 9.98. The minimum absolute atomic E-state index is 0.130. The van der Waals surface area contributed by atoms with Gasteiger partial charge in [-0.2, -0.15) is 0 Å². The summed E-state index contributed by atoms with van der Waals surface area (Å²) in [5, 5.41) is 2.92. The van der Waals surface area contributed by atoms with E-state index in [9.17, 15) is 4.79 Å². The van der Waals surface area contributed by atoms with Crippen molar-refractivity contribution >= 4 is 11.6 Å². The van der Waals surface area contributed by atoms with Gasteiger partial charge in [-0.3, -0.25) is 9.78 Å². The maximum Gasteiger partial charge on any atom is 0.269 e. The molecule has 6 heteroatoms. The monoisotopic (exact) mass is 369 g/mol. The minimum Gasteiger partial charge on any atom is -0.493 e. The lowest BCUT2D eigenvalue weighted by molar-refractivity contribution is 0.0944. The number of fused-ring (bicyclic) bond motifs is 1. The molecule has 0 radical (unpaired) electrons. The van der Waals surface area contributed by atoms with E-state index in [1.54, 1.807) is 20.4 Å². The highest BCUT2D eigenvalue weighted by atomic mass is 16.5. The van der Waals surface area contributed by atoms with E-state index in [-0.39, 0.29) is 5.91 Å². The number of pyridine rings is 1. The molecule has 1 aromatic heterocycles. The zero-order chi connectivity index (χ0) is 19.4. The van der Waals surface area contributed by atoms with Crippen LogP contribution in [0.5, 0.6) is 11.5 Å². The molecule has 6 nitrogen and oxygen atoms in total. The second-order valence-corrected chi connectivity index (χ2v) is 7.15. The lowest BCUT2D eigenvalue weighted by Gasteiger charge is -2.31. The molecule has 27 heavy (non-hydrogen) atoms. The topological polar surface area (TPSA) is 63.7 Å². The zero-order valence-electron chi connectivity index (χ0n) is 16.4. The molecule has 1 N–H and O–H groups in total. The fourth-order valence-electron chi connectivity index (χ4n) is 3.23. The van der Waals surface area contributed by atoms with E-state index in [2.05, 4.69) is 35.1 Å². The van der Waals surface area contributed by atoms with E-state index in [1.807, 2.05) is 18.2 Å². The normalized spacial score (nSPS) is 13.3. The number of anilines is 1. The Morgan fingerprint density at radius 2 is 1.89 bits per heavy atom. The molecule has 1 amide bonds. The van der Waals surface area contributed by atoms with Crippen LogP contribution >= 0.6 is 0 Å². The third-order valence-electron chi connectivity index (χ3n) is 4.73. The molecule has 3 rings (SSSR count). The van der Waals surface area contributed by atoms with Gasteiger partial charge in [-0.1, -0.05) is 13.8 Å². The number of rotatable bonds is 6. The van der Waals surface area contributed by atoms with Gasteiger partial charge in [0.2, 0.25) is 0 Å². The average molecular weight is 369 g/mol. The summed E-state index contributed by atoms with van der Waals surface area (Å²) >= 11 is 0. The number of nitrogens with one attached hydrogen (secondary N) is 1. The molecule has 0 bridgehead atoms. The van der Waals surface area contributed by atoms with Crippen molar-refractivity contribution in [3.63, 3.8) is 0 Å². The Morgan fingerprint density at radius 3 is 2.56 bits per heavy atom. The van der Waals surface area contributed by atoms with Crippen LogP contribution in [0, 0.1) is 5.92 Å². The minimum atomic E-state index is -0.130. The number of carbonyl (C=O) groups excluding carboxylic acids is 1. The Balaban J connectivity index is 1.79. The Bertz CT molecular complexity index is 820. The van der Waals surface area contributed by atoms with Crippen molar-refractivity contribution in [2.75, 3.05) is 32.2 Å². The second kappa shape index (κ2) is 8.29. The first kappa shape index (κ1) is 19.0. The summed E-state index contributed by atoms with van der Waals surface area (Å²) in [5.41, 5.74) is 3.93. The van der Waals surface area contributed by atoms with E-state index in [0.717, 1.165) is 36.7 Å². The van der Waals surface area contributed by atoms with Crippen LogP contribution in [0.15, 0.2) is 30.5 Å². The molecule has 1 aliphatic rings. The largest absolute Gasteiger partial charge is 0.493 e. The molecule has 0 unspecified atom stereocenters. The number of nitrogens with zero attached hydrogens (tertiary/aromatic N) is 2. The summed E-state index contributed by atoms with van der Waals surface area (Å²) in [5.74, 6) is 1.77. The standard InChI is InChI=1S/C21H27N3O3/c1-14(2)12-23-21(25)18-11-17(5-7-22-18)24-8-6-15-9-19(26-3)20(27-4)10-16(15)13-24/h5,7,9-11,14H,6,8,12-13H2,1-4H3,(H,23,25). The van der Waals surface area contributed by atoms with E-state index in [4.69, 9.17) is 9.47 Å².